The minimum absolute atomic E-state index is 0.101. The van der Waals surface area contributed by atoms with Crippen LogP contribution in [-0.4, -0.2) is 29.4 Å². The van der Waals surface area contributed by atoms with Gasteiger partial charge in [-0.15, -0.1) is 0 Å². The Kier molecular flexibility index (Phi) is 8.06. The Bertz CT molecular complexity index is 1470. The first-order valence-electron chi connectivity index (χ1n) is 11.9. The molecule has 0 radical (unpaired) electrons. The number of aromatic nitrogens is 1. The normalized spacial score (nSPS) is 13.7. The van der Waals surface area contributed by atoms with E-state index in [0.717, 1.165) is 46.1 Å². The fraction of sp³-hybridized carbons (Fsp3) is 0.172. The molecule has 1 aliphatic carbocycles. The quantitative estimate of drug-likeness (QED) is 0.168. The van der Waals surface area contributed by atoms with Crippen LogP contribution in [0.1, 0.15) is 38.5 Å². The van der Waals surface area contributed by atoms with Crippen LogP contribution in [0, 0.1) is 0 Å². The number of hydrogen-bond acceptors (Lipinski definition) is 6. The van der Waals surface area contributed by atoms with Crippen molar-refractivity contribution in [3.8, 4) is 11.1 Å². The second-order valence-corrected chi connectivity index (χ2v) is 10.3. The van der Waals surface area contributed by atoms with Crippen LogP contribution in [0.3, 0.4) is 0 Å². The van der Waals surface area contributed by atoms with Gasteiger partial charge in [-0.3, -0.25) is 15.1 Å². The largest absolute Gasteiger partial charge is 0.416 e. The lowest BCUT2D eigenvalue weighted by molar-refractivity contribution is -0.137. The number of halogens is 4. The number of alkyl halides is 3. The zero-order valence-corrected chi connectivity index (χ0v) is 21.9. The zero-order valence-electron chi connectivity index (χ0n) is 20.3. The second kappa shape index (κ2) is 11.5. The van der Waals surface area contributed by atoms with E-state index in [4.69, 9.17) is 16.3 Å². The molecule has 5 rings (SSSR count). The monoisotopic (exact) mass is 570 g/mol. The van der Waals surface area contributed by atoms with E-state index in [1.165, 1.54) is 12.4 Å². The molecule has 1 aromatic heterocycles. The standard InChI is InChI=1S/C29H22ClF3N2O3S/c30-25-12-19(29(31,32)33)11-17(27(25)39-26-9-10-34-13-18(26)15-36)14-35-28(37)38-16-24-22-7-3-1-5-20(22)21-6-2-4-8-23(21)24/h1-13,15,24,28,35,37H,14,16H2. The maximum Gasteiger partial charge on any atom is 0.416 e. The minimum Gasteiger partial charge on any atom is -0.356 e. The average molecular weight is 571 g/mol. The third-order valence-corrected chi connectivity index (χ3v) is 8.14. The maximum absolute atomic E-state index is 13.5. The van der Waals surface area contributed by atoms with Gasteiger partial charge in [0.2, 0.25) is 6.41 Å². The Morgan fingerprint density at radius 3 is 2.38 bits per heavy atom. The fourth-order valence-corrected chi connectivity index (χ4v) is 5.97. The topological polar surface area (TPSA) is 71.5 Å². The van der Waals surface area contributed by atoms with Crippen LogP contribution >= 0.6 is 23.4 Å². The number of aliphatic hydroxyl groups is 1. The van der Waals surface area contributed by atoms with E-state index in [9.17, 15) is 23.1 Å². The van der Waals surface area contributed by atoms with Crippen molar-refractivity contribution in [2.24, 2.45) is 0 Å². The van der Waals surface area contributed by atoms with E-state index in [2.05, 4.69) is 10.3 Å². The Morgan fingerprint density at radius 2 is 1.74 bits per heavy atom. The van der Waals surface area contributed by atoms with E-state index < -0.39 is 18.2 Å². The number of carbonyl (C=O) groups excluding carboxylic acids is 1. The predicted octanol–water partition coefficient (Wildman–Crippen LogP) is 6.91. The molecule has 10 heteroatoms. The highest BCUT2D eigenvalue weighted by Crippen LogP contribution is 2.45. The number of fused-ring (bicyclic) bond motifs is 3. The zero-order chi connectivity index (χ0) is 27.6. The van der Waals surface area contributed by atoms with Crippen molar-refractivity contribution in [1.29, 1.82) is 0 Å². The van der Waals surface area contributed by atoms with E-state index in [1.54, 1.807) is 6.07 Å². The van der Waals surface area contributed by atoms with Gasteiger partial charge < -0.3 is 9.84 Å². The van der Waals surface area contributed by atoms with Crippen molar-refractivity contribution in [2.45, 2.75) is 34.8 Å². The average Bonchev–Trinajstić information content (AvgIpc) is 3.25. The molecule has 5 nitrogen and oxygen atoms in total. The SMILES string of the molecule is O=Cc1cnccc1Sc1c(Cl)cc(C(F)(F)F)cc1CNC(O)OCC1c2ccccc2-c2ccccc21. The molecule has 0 saturated heterocycles. The van der Waals surface area contributed by atoms with E-state index >= 15 is 0 Å². The number of ether oxygens (including phenoxy) is 1. The molecule has 0 bridgehead atoms. The molecule has 0 amide bonds. The highest BCUT2D eigenvalue weighted by atomic mass is 35.5. The van der Waals surface area contributed by atoms with Gasteiger partial charge in [0.25, 0.3) is 0 Å². The van der Waals surface area contributed by atoms with Gasteiger partial charge >= 0.3 is 6.18 Å². The summed E-state index contributed by atoms with van der Waals surface area (Å²) in [6.45, 7) is -0.0145. The number of benzene rings is 3. The van der Waals surface area contributed by atoms with Crippen LogP contribution in [0.2, 0.25) is 5.02 Å². The lowest BCUT2D eigenvalue weighted by atomic mass is 9.98. The number of carbonyl (C=O) groups is 1. The van der Waals surface area contributed by atoms with Crippen LogP contribution in [-0.2, 0) is 17.5 Å². The highest BCUT2D eigenvalue weighted by molar-refractivity contribution is 7.99. The van der Waals surface area contributed by atoms with Gasteiger partial charge in [-0.05, 0) is 46.0 Å². The molecule has 3 aromatic carbocycles. The van der Waals surface area contributed by atoms with E-state index in [1.807, 2.05) is 48.5 Å². The summed E-state index contributed by atoms with van der Waals surface area (Å²) < 4.78 is 46.3. The van der Waals surface area contributed by atoms with Crippen molar-refractivity contribution in [3.05, 3.63) is 112 Å². The molecule has 39 heavy (non-hydrogen) atoms. The third-order valence-electron chi connectivity index (χ3n) is 6.45. The molecule has 0 fully saturated rings. The number of pyridine rings is 1. The number of nitrogens with one attached hydrogen (secondary N) is 1. The van der Waals surface area contributed by atoms with Gasteiger partial charge in [-0.2, -0.15) is 13.2 Å². The molecular formula is C29H22ClF3N2O3S. The molecule has 1 aliphatic rings. The Balaban J connectivity index is 1.34. The van der Waals surface area contributed by atoms with Crippen LogP contribution < -0.4 is 5.32 Å². The first kappa shape index (κ1) is 27.4. The van der Waals surface area contributed by atoms with Crippen molar-refractivity contribution in [3.63, 3.8) is 0 Å². The second-order valence-electron chi connectivity index (χ2n) is 8.87. The molecule has 0 aliphatic heterocycles. The molecule has 1 atom stereocenters. The number of aliphatic hydroxyl groups excluding tert-OH is 1. The summed E-state index contributed by atoms with van der Waals surface area (Å²) in [5.41, 5.74) is 3.92. The van der Waals surface area contributed by atoms with Crippen molar-refractivity contribution in [2.75, 3.05) is 6.61 Å². The third kappa shape index (κ3) is 5.88. The van der Waals surface area contributed by atoms with Gasteiger partial charge in [-0.1, -0.05) is 71.9 Å². The van der Waals surface area contributed by atoms with Crippen LogP contribution in [0.5, 0.6) is 0 Å². The van der Waals surface area contributed by atoms with Crippen LogP contribution in [0.15, 0.2) is 88.9 Å². The Labute approximate surface area is 232 Å². The number of rotatable bonds is 9. The number of hydrogen-bond donors (Lipinski definition) is 2. The summed E-state index contributed by atoms with van der Waals surface area (Å²) in [5, 5.41) is 13.2. The first-order valence-corrected chi connectivity index (χ1v) is 13.1. The first-order chi connectivity index (χ1) is 18.8. The summed E-state index contributed by atoms with van der Waals surface area (Å²) in [7, 11) is 0. The summed E-state index contributed by atoms with van der Waals surface area (Å²) in [4.78, 5) is 16.1. The molecule has 2 N–H and O–H groups in total. The van der Waals surface area contributed by atoms with Gasteiger partial charge in [-0.25, -0.2) is 0 Å². The van der Waals surface area contributed by atoms with Gasteiger partial charge in [0, 0.05) is 40.2 Å². The molecule has 0 spiro atoms. The highest BCUT2D eigenvalue weighted by Gasteiger charge is 2.33. The number of nitrogens with zero attached hydrogens (tertiary/aromatic N) is 1. The fourth-order valence-electron chi connectivity index (χ4n) is 4.63. The van der Waals surface area contributed by atoms with Gasteiger partial charge in [0.1, 0.15) is 0 Å². The lowest BCUT2D eigenvalue weighted by Crippen LogP contribution is -2.32. The molecule has 1 heterocycles. The Morgan fingerprint density at radius 1 is 1.08 bits per heavy atom. The summed E-state index contributed by atoms with van der Waals surface area (Å²) in [6, 6.07) is 19.3. The number of aldehydes is 1. The molecule has 1 unspecified atom stereocenters. The summed E-state index contributed by atoms with van der Waals surface area (Å²) in [6.07, 6.45) is -2.63. The molecule has 200 valence electrons. The Hall–Kier alpha value is -3.21. The van der Waals surface area contributed by atoms with Gasteiger partial charge in [0.15, 0.2) is 6.29 Å². The van der Waals surface area contributed by atoms with Crippen LogP contribution in [0.4, 0.5) is 13.2 Å². The van der Waals surface area contributed by atoms with Crippen molar-refractivity contribution < 1.29 is 27.8 Å². The van der Waals surface area contributed by atoms with Crippen LogP contribution in [0.25, 0.3) is 11.1 Å². The summed E-state index contributed by atoms with van der Waals surface area (Å²) in [5.74, 6) is -0.101. The minimum atomic E-state index is -4.62. The van der Waals surface area contributed by atoms with Gasteiger partial charge in [0.05, 0.1) is 17.2 Å². The molecule has 4 aromatic rings. The van der Waals surface area contributed by atoms with E-state index in [0.29, 0.717) is 16.1 Å². The summed E-state index contributed by atoms with van der Waals surface area (Å²) >= 11 is 7.35. The van der Waals surface area contributed by atoms with E-state index in [-0.39, 0.29) is 35.2 Å². The van der Waals surface area contributed by atoms with Crippen molar-refractivity contribution in [1.82, 2.24) is 10.3 Å². The van der Waals surface area contributed by atoms with Crippen molar-refractivity contribution >= 4 is 29.6 Å². The molecular weight excluding hydrogens is 549 g/mol. The lowest BCUT2D eigenvalue weighted by Gasteiger charge is -2.20. The molecule has 0 saturated carbocycles. The predicted molar refractivity (Wildman–Crippen MR) is 143 cm³/mol. The smallest absolute Gasteiger partial charge is 0.356 e. The maximum atomic E-state index is 13.5.